The molecule has 2 atom stereocenters. The van der Waals surface area contributed by atoms with Crippen LogP contribution in [0.15, 0.2) is 24.3 Å². The highest BCUT2D eigenvalue weighted by atomic mass is 16.2. The van der Waals surface area contributed by atoms with E-state index in [1.165, 1.54) is 24.3 Å². The van der Waals surface area contributed by atoms with E-state index in [1.807, 2.05) is 12.1 Å². The molecule has 0 spiro atoms. The molecule has 0 aliphatic carbocycles. The highest BCUT2D eigenvalue weighted by Gasteiger charge is 2.21. The molecule has 102 valence electrons. The summed E-state index contributed by atoms with van der Waals surface area (Å²) in [6.07, 6.45) is 0.161. The smallest absolute Gasteiger partial charge is 0.251 e. The predicted octanol–water partition coefficient (Wildman–Crippen LogP) is 0.692. The summed E-state index contributed by atoms with van der Waals surface area (Å²) in [5, 5.41) is 19.9. The molecule has 0 aliphatic heterocycles. The number of benzene rings is 1. The minimum atomic E-state index is -0.896. The molecule has 2 amide bonds. The third kappa shape index (κ3) is 4.11. The fourth-order valence-electron chi connectivity index (χ4n) is 1.59. The first-order valence-corrected chi connectivity index (χ1v) is 5.98. The maximum atomic E-state index is 11.9. The number of nitrogens with zero attached hydrogens (tertiary/aromatic N) is 2. The van der Waals surface area contributed by atoms with Crippen LogP contribution < -0.4 is 11.1 Å². The Balaban J connectivity index is 2.78. The topological polar surface area (TPSA) is 120 Å². The van der Waals surface area contributed by atoms with Crippen molar-refractivity contribution in [1.29, 1.82) is 10.5 Å². The third-order valence-electron chi connectivity index (χ3n) is 2.73. The second kappa shape index (κ2) is 6.91. The second-order valence-electron chi connectivity index (χ2n) is 4.38. The lowest BCUT2D eigenvalue weighted by Crippen LogP contribution is -2.45. The van der Waals surface area contributed by atoms with Crippen molar-refractivity contribution in [1.82, 2.24) is 5.32 Å². The number of nitrogens with two attached hydrogens (primary N) is 1. The van der Waals surface area contributed by atoms with E-state index in [2.05, 4.69) is 5.32 Å². The van der Waals surface area contributed by atoms with Gasteiger partial charge in [0, 0.05) is 11.5 Å². The molecule has 6 nitrogen and oxygen atoms in total. The van der Waals surface area contributed by atoms with Crippen molar-refractivity contribution in [2.75, 3.05) is 0 Å². The van der Waals surface area contributed by atoms with E-state index in [0.29, 0.717) is 11.1 Å². The zero-order chi connectivity index (χ0) is 15.1. The Morgan fingerprint density at radius 2 is 1.90 bits per heavy atom. The molecule has 1 rings (SSSR count). The summed E-state index contributed by atoms with van der Waals surface area (Å²) in [6, 6.07) is 9.02. The maximum Gasteiger partial charge on any atom is 0.251 e. The number of nitrogens with one attached hydrogen (secondary N) is 1. The van der Waals surface area contributed by atoms with Crippen molar-refractivity contribution < 1.29 is 9.59 Å². The Morgan fingerprint density at radius 3 is 2.35 bits per heavy atom. The molecule has 0 fully saturated rings. The van der Waals surface area contributed by atoms with Gasteiger partial charge in [0.05, 0.1) is 17.7 Å². The van der Waals surface area contributed by atoms with Gasteiger partial charge < -0.3 is 11.1 Å². The van der Waals surface area contributed by atoms with Gasteiger partial charge in [0.2, 0.25) is 5.91 Å². The number of hydrogen-bond donors (Lipinski definition) is 2. The lowest BCUT2D eigenvalue weighted by atomic mass is 10.0. The second-order valence-corrected chi connectivity index (χ2v) is 4.38. The number of hydrogen-bond acceptors (Lipinski definition) is 4. The van der Waals surface area contributed by atoms with Gasteiger partial charge in [-0.1, -0.05) is 0 Å². The molecule has 3 N–H and O–H groups in total. The first kappa shape index (κ1) is 15.2. The summed E-state index contributed by atoms with van der Waals surface area (Å²) in [5.74, 6) is -1.55. The van der Waals surface area contributed by atoms with E-state index in [0.717, 1.165) is 0 Å². The molecule has 0 bridgehead atoms. The molecule has 0 aliphatic rings. The van der Waals surface area contributed by atoms with Crippen molar-refractivity contribution in [2.24, 2.45) is 11.7 Å². The molecule has 0 unspecified atom stereocenters. The molecule has 1 aromatic rings. The van der Waals surface area contributed by atoms with E-state index in [4.69, 9.17) is 16.3 Å². The number of nitriles is 2. The van der Waals surface area contributed by atoms with Crippen molar-refractivity contribution in [3.05, 3.63) is 35.4 Å². The van der Waals surface area contributed by atoms with Gasteiger partial charge in [0.25, 0.3) is 5.91 Å². The van der Waals surface area contributed by atoms with E-state index in [9.17, 15) is 9.59 Å². The molecule has 0 saturated heterocycles. The molecule has 6 heteroatoms. The van der Waals surface area contributed by atoms with Gasteiger partial charge in [-0.3, -0.25) is 9.59 Å². The van der Waals surface area contributed by atoms with Crippen LogP contribution in [-0.2, 0) is 4.79 Å². The van der Waals surface area contributed by atoms with Gasteiger partial charge in [-0.05, 0) is 37.6 Å². The van der Waals surface area contributed by atoms with Gasteiger partial charge in [0.15, 0.2) is 0 Å². The van der Waals surface area contributed by atoms with E-state index in [-0.39, 0.29) is 6.42 Å². The Hall–Kier alpha value is -2.86. The fourth-order valence-corrected chi connectivity index (χ4v) is 1.59. The van der Waals surface area contributed by atoms with Gasteiger partial charge in [-0.2, -0.15) is 10.5 Å². The highest BCUT2D eigenvalue weighted by molar-refractivity contribution is 5.97. The average Bonchev–Trinajstić information content (AvgIpc) is 2.46. The van der Waals surface area contributed by atoms with Crippen LogP contribution in [0.3, 0.4) is 0 Å². The number of carbonyl (C=O) groups excluding carboxylic acids is 2. The SMILES string of the molecule is C[C@H](C#N)C[C@H](NC(=O)c1ccc(C#N)cc1)C(N)=O. The van der Waals surface area contributed by atoms with E-state index < -0.39 is 23.8 Å². The minimum absolute atomic E-state index is 0.161. The zero-order valence-corrected chi connectivity index (χ0v) is 11.0. The van der Waals surface area contributed by atoms with Crippen LogP contribution in [0.4, 0.5) is 0 Å². The summed E-state index contributed by atoms with van der Waals surface area (Å²) < 4.78 is 0. The van der Waals surface area contributed by atoms with E-state index >= 15 is 0 Å². The van der Waals surface area contributed by atoms with Gasteiger partial charge in [-0.15, -0.1) is 0 Å². The number of carbonyl (C=O) groups is 2. The number of primary amides is 1. The predicted molar refractivity (Wildman–Crippen MR) is 71.0 cm³/mol. The van der Waals surface area contributed by atoms with Gasteiger partial charge >= 0.3 is 0 Å². The summed E-state index contributed by atoms with van der Waals surface area (Å²) in [7, 11) is 0. The molecule has 0 heterocycles. The van der Waals surface area contributed by atoms with Crippen molar-refractivity contribution in [3.8, 4) is 12.1 Å². The summed E-state index contributed by atoms with van der Waals surface area (Å²) in [6.45, 7) is 1.64. The molecule has 1 aromatic carbocycles. The molecule has 0 aromatic heterocycles. The quantitative estimate of drug-likeness (QED) is 0.817. The first-order valence-electron chi connectivity index (χ1n) is 5.98. The molecule has 0 saturated carbocycles. The minimum Gasteiger partial charge on any atom is -0.368 e. The van der Waals surface area contributed by atoms with Crippen molar-refractivity contribution >= 4 is 11.8 Å². The zero-order valence-electron chi connectivity index (χ0n) is 11.0. The van der Waals surface area contributed by atoms with Crippen LogP contribution in [0.1, 0.15) is 29.3 Å². The Labute approximate surface area is 116 Å². The van der Waals surface area contributed by atoms with Crippen LogP contribution in [-0.4, -0.2) is 17.9 Å². The summed E-state index contributed by atoms with van der Waals surface area (Å²) in [5.41, 5.74) is 5.96. The average molecular weight is 270 g/mol. The molecular formula is C14H14N4O2. The van der Waals surface area contributed by atoms with Crippen molar-refractivity contribution in [2.45, 2.75) is 19.4 Å². The molecule has 0 radical (unpaired) electrons. The monoisotopic (exact) mass is 270 g/mol. The van der Waals surface area contributed by atoms with Crippen LogP contribution >= 0.6 is 0 Å². The summed E-state index contributed by atoms with van der Waals surface area (Å²) in [4.78, 5) is 23.2. The lowest BCUT2D eigenvalue weighted by Gasteiger charge is -2.16. The summed E-state index contributed by atoms with van der Waals surface area (Å²) >= 11 is 0. The van der Waals surface area contributed by atoms with Gasteiger partial charge in [0.1, 0.15) is 6.04 Å². The third-order valence-corrected chi connectivity index (χ3v) is 2.73. The van der Waals surface area contributed by atoms with E-state index in [1.54, 1.807) is 6.92 Å². The lowest BCUT2D eigenvalue weighted by molar-refractivity contribution is -0.120. The normalized spacial score (nSPS) is 12.6. The molecular weight excluding hydrogens is 256 g/mol. The largest absolute Gasteiger partial charge is 0.368 e. The van der Waals surface area contributed by atoms with Crippen LogP contribution in [0.2, 0.25) is 0 Å². The standard InChI is InChI=1S/C14H14N4O2/c1-9(7-15)6-12(13(17)19)18-14(20)11-4-2-10(8-16)3-5-11/h2-5,9,12H,6H2,1H3,(H2,17,19)(H,18,20)/t9-,12-/m0/s1. The number of rotatable bonds is 5. The maximum absolute atomic E-state index is 11.9. The van der Waals surface area contributed by atoms with Crippen LogP contribution in [0.25, 0.3) is 0 Å². The van der Waals surface area contributed by atoms with Gasteiger partial charge in [-0.25, -0.2) is 0 Å². The van der Waals surface area contributed by atoms with Crippen LogP contribution in [0, 0.1) is 28.6 Å². The van der Waals surface area contributed by atoms with Crippen LogP contribution in [0.5, 0.6) is 0 Å². The Kier molecular flexibility index (Phi) is 5.25. The Morgan fingerprint density at radius 1 is 1.30 bits per heavy atom. The van der Waals surface area contributed by atoms with Crippen molar-refractivity contribution in [3.63, 3.8) is 0 Å². The number of amides is 2. The molecule has 20 heavy (non-hydrogen) atoms. The Bertz CT molecular complexity index is 581. The highest BCUT2D eigenvalue weighted by Crippen LogP contribution is 2.07. The first-order chi connectivity index (χ1) is 9.47. The fraction of sp³-hybridized carbons (Fsp3) is 0.286.